The standard InChI is InChI=1S/C17H22N2O/c1-13(2)19(12-14-7-5-4-6-8-14)16-9-15(18)10-17(11-16)20-3/h4-11,13H,12,18H2,1-3H3. The predicted octanol–water partition coefficient (Wildman–Crippen LogP) is 3.69. The van der Waals surface area contributed by atoms with Crippen molar-refractivity contribution >= 4 is 11.4 Å². The van der Waals surface area contributed by atoms with E-state index in [0.29, 0.717) is 6.04 Å². The maximum Gasteiger partial charge on any atom is 0.122 e. The van der Waals surface area contributed by atoms with Gasteiger partial charge < -0.3 is 15.4 Å². The minimum absolute atomic E-state index is 0.377. The normalized spacial score (nSPS) is 10.6. The second kappa shape index (κ2) is 6.33. The molecule has 0 aliphatic heterocycles. The molecular formula is C17H22N2O. The van der Waals surface area contributed by atoms with E-state index in [-0.39, 0.29) is 0 Å². The lowest BCUT2D eigenvalue weighted by atomic mass is 10.1. The zero-order valence-electron chi connectivity index (χ0n) is 12.3. The van der Waals surface area contributed by atoms with Gasteiger partial charge in [-0.1, -0.05) is 30.3 Å². The second-order valence-electron chi connectivity index (χ2n) is 5.17. The van der Waals surface area contributed by atoms with Crippen LogP contribution in [-0.2, 0) is 6.54 Å². The van der Waals surface area contributed by atoms with E-state index in [1.54, 1.807) is 7.11 Å². The van der Waals surface area contributed by atoms with Crippen molar-refractivity contribution in [1.29, 1.82) is 0 Å². The molecule has 0 heterocycles. The van der Waals surface area contributed by atoms with Crippen molar-refractivity contribution in [3.63, 3.8) is 0 Å². The summed E-state index contributed by atoms with van der Waals surface area (Å²) in [6, 6.07) is 16.7. The van der Waals surface area contributed by atoms with Gasteiger partial charge in [0.25, 0.3) is 0 Å². The molecule has 0 radical (unpaired) electrons. The highest BCUT2D eigenvalue weighted by atomic mass is 16.5. The summed E-state index contributed by atoms with van der Waals surface area (Å²) in [7, 11) is 1.66. The highest BCUT2D eigenvalue weighted by molar-refractivity contribution is 5.61. The number of methoxy groups -OCH3 is 1. The smallest absolute Gasteiger partial charge is 0.122 e. The van der Waals surface area contributed by atoms with E-state index >= 15 is 0 Å². The van der Waals surface area contributed by atoms with Crippen molar-refractivity contribution in [1.82, 2.24) is 0 Å². The molecular weight excluding hydrogens is 248 g/mol. The van der Waals surface area contributed by atoms with Gasteiger partial charge in [0.05, 0.1) is 7.11 Å². The van der Waals surface area contributed by atoms with Crippen LogP contribution in [0.2, 0.25) is 0 Å². The Morgan fingerprint density at radius 1 is 1.10 bits per heavy atom. The van der Waals surface area contributed by atoms with Gasteiger partial charge in [-0.25, -0.2) is 0 Å². The number of benzene rings is 2. The van der Waals surface area contributed by atoms with Crippen molar-refractivity contribution in [2.24, 2.45) is 0 Å². The number of nitrogens with zero attached hydrogens (tertiary/aromatic N) is 1. The molecule has 0 unspecified atom stereocenters. The predicted molar refractivity (Wildman–Crippen MR) is 85.2 cm³/mol. The number of hydrogen-bond acceptors (Lipinski definition) is 3. The largest absolute Gasteiger partial charge is 0.497 e. The lowest BCUT2D eigenvalue weighted by molar-refractivity contribution is 0.415. The van der Waals surface area contributed by atoms with Gasteiger partial charge in [0, 0.05) is 36.1 Å². The molecule has 0 bridgehead atoms. The SMILES string of the molecule is COc1cc(N)cc(N(Cc2ccccc2)C(C)C)c1. The first kappa shape index (κ1) is 14.3. The topological polar surface area (TPSA) is 38.5 Å². The average Bonchev–Trinajstić information content (AvgIpc) is 2.44. The molecule has 0 spiro atoms. The maximum absolute atomic E-state index is 5.96. The Bertz CT molecular complexity index is 552. The Labute approximate surface area is 121 Å². The maximum atomic E-state index is 5.96. The third kappa shape index (κ3) is 3.44. The molecule has 2 N–H and O–H groups in total. The third-order valence-corrected chi connectivity index (χ3v) is 3.30. The van der Waals surface area contributed by atoms with Gasteiger partial charge in [0.2, 0.25) is 0 Å². The molecule has 0 fully saturated rings. The summed E-state index contributed by atoms with van der Waals surface area (Å²) < 4.78 is 5.31. The fraction of sp³-hybridized carbons (Fsp3) is 0.294. The Morgan fingerprint density at radius 3 is 2.40 bits per heavy atom. The average molecular weight is 270 g/mol. The first-order chi connectivity index (χ1) is 9.60. The highest BCUT2D eigenvalue weighted by Gasteiger charge is 2.13. The zero-order valence-corrected chi connectivity index (χ0v) is 12.3. The molecule has 2 rings (SSSR count). The van der Waals surface area contributed by atoms with Crippen molar-refractivity contribution in [2.45, 2.75) is 26.4 Å². The van der Waals surface area contributed by atoms with E-state index in [2.05, 4.69) is 43.0 Å². The zero-order chi connectivity index (χ0) is 14.5. The van der Waals surface area contributed by atoms with Gasteiger partial charge in [-0.2, -0.15) is 0 Å². The molecule has 106 valence electrons. The van der Waals surface area contributed by atoms with E-state index in [0.717, 1.165) is 23.7 Å². The summed E-state index contributed by atoms with van der Waals surface area (Å²) in [5, 5.41) is 0. The lowest BCUT2D eigenvalue weighted by Crippen LogP contribution is -2.30. The summed E-state index contributed by atoms with van der Waals surface area (Å²) in [4.78, 5) is 2.31. The van der Waals surface area contributed by atoms with Crippen LogP contribution in [0.1, 0.15) is 19.4 Å². The third-order valence-electron chi connectivity index (χ3n) is 3.30. The Balaban J connectivity index is 2.31. The quantitative estimate of drug-likeness (QED) is 0.842. The molecule has 20 heavy (non-hydrogen) atoms. The summed E-state index contributed by atoms with van der Waals surface area (Å²) >= 11 is 0. The Morgan fingerprint density at radius 2 is 1.80 bits per heavy atom. The van der Waals surface area contributed by atoms with Crippen LogP contribution in [0.4, 0.5) is 11.4 Å². The van der Waals surface area contributed by atoms with Crippen LogP contribution in [0.15, 0.2) is 48.5 Å². The van der Waals surface area contributed by atoms with Crippen molar-refractivity contribution < 1.29 is 4.74 Å². The van der Waals surface area contributed by atoms with Gasteiger partial charge in [-0.15, -0.1) is 0 Å². The highest BCUT2D eigenvalue weighted by Crippen LogP contribution is 2.28. The first-order valence-electron chi connectivity index (χ1n) is 6.85. The Hall–Kier alpha value is -2.16. The van der Waals surface area contributed by atoms with Crippen molar-refractivity contribution in [3.05, 3.63) is 54.1 Å². The molecule has 0 saturated heterocycles. The molecule has 3 heteroatoms. The monoisotopic (exact) mass is 270 g/mol. The molecule has 0 aliphatic rings. The van der Waals surface area contributed by atoms with E-state index in [1.807, 2.05) is 24.3 Å². The van der Waals surface area contributed by atoms with E-state index < -0.39 is 0 Å². The molecule has 0 atom stereocenters. The summed E-state index contributed by atoms with van der Waals surface area (Å²) in [5.74, 6) is 0.790. The number of ether oxygens (including phenoxy) is 1. The number of nitrogen functional groups attached to an aromatic ring is 1. The van der Waals surface area contributed by atoms with Crippen LogP contribution >= 0.6 is 0 Å². The fourth-order valence-electron chi connectivity index (χ4n) is 2.24. The minimum Gasteiger partial charge on any atom is -0.497 e. The Kier molecular flexibility index (Phi) is 4.51. The molecule has 2 aromatic rings. The second-order valence-corrected chi connectivity index (χ2v) is 5.17. The van der Waals surface area contributed by atoms with Gasteiger partial charge in [0.15, 0.2) is 0 Å². The number of hydrogen-bond donors (Lipinski definition) is 1. The number of anilines is 2. The van der Waals surface area contributed by atoms with Crippen LogP contribution in [0.25, 0.3) is 0 Å². The minimum atomic E-state index is 0.377. The fourth-order valence-corrected chi connectivity index (χ4v) is 2.24. The van der Waals surface area contributed by atoms with Crippen LogP contribution in [0.5, 0.6) is 5.75 Å². The van der Waals surface area contributed by atoms with Gasteiger partial charge in [-0.3, -0.25) is 0 Å². The molecule has 0 saturated carbocycles. The molecule has 0 amide bonds. The molecule has 0 aliphatic carbocycles. The van der Waals surface area contributed by atoms with E-state index in [1.165, 1.54) is 5.56 Å². The van der Waals surface area contributed by atoms with Gasteiger partial charge >= 0.3 is 0 Å². The van der Waals surface area contributed by atoms with Crippen LogP contribution in [-0.4, -0.2) is 13.2 Å². The van der Waals surface area contributed by atoms with Crippen molar-refractivity contribution in [2.75, 3.05) is 17.7 Å². The van der Waals surface area contributed by atoms with Crippen LogP contribution in [0, 0.1) is 0 Å². The molecule has 0 aromatic heterocycles. The summed E-state index contributed by atoms with van der Waals surface area (Å²) in [6.45, 7) is 5.21. The van der Waals surface area contributed by atoms with Crippen molar-refractivity contribution in [3.8, 4) is 5.75 Å². The first-order valence-corrected chi connectivity index (χ1v) is 6.85. The summed E-state index contributed by atoms with van der Waals surface area (Å²) in [6.07, 6.45) is 0. The molecule has 3 nitrogen and oxygen atoms in total. The van der Waals surface area contributed by atoms with Crippen LogP contribution < -0.4 is 15.4 Å². The van der Waals surface area contributed by atoms with Crippen LogP contribution in [0.3, 0.4) is 0 Å². The van der Waals surface area contributed by atoms with Gasteiger partial charge in [-0.05, 0) is 25.5 Å². The number of nitrogens with two attached hydrogens (primary N) is 1. The van der Waals surface area contributed by atoms with E-state index in [9.17, 15) is 0 Å². The van der Waals surface area contributed by atoms with Gasteiger partial charge in [0.1, 0.15) is 5.75 Å². The van der Waals surface area contributed by atoms with E-state index in [4.69, 9.17) is 10.5 Å². The lowest BCUT2D eigenvalue weighted by Gasteiger charge is -2.29. The number of rotatable bonds is 5. The molecule has 2 aromatic carbocycles. The summed E-state index contributed by atoms with van der Waals surface area (Å²) in [5.41, 5.74) is 9.04.